The maximum Gasteiger partial charge on any atom is 0.294 e. The van der Waals surface area contributed by atoms with E-state index in [0.717, 1.165) is 4.68 Å². The smallest absolute Gasteiger partial charge is 0.294 e. The van der Waals surface area contributed by atoms with Crippen molar-refractivity contribution < 1.29 is 10.2 Å². The molecular formula is C24H17N7O4. The largest absolute Gasteiger partial charge is 0.504 e. The molecule has 0 saturated carbocycles. The monoisotopic (exact) mass is 467 g/mol. The molecule has 5 rings (SSSR count). The van der Waals surface area contributed by atoms with Crippen molar-refractivity contribution >= 4 is 28.6 Å². The first-order chi connectivity index (χ1) is 17.0. The normalized spacial score (nSPS) is 11.7. The van der Waals surface area contributed by atoms with E-state index in [2.05, 4.69) is 30.5 Å². The van der Waals surface area contributed by atoms with Crippen molar-refractivity contribution in [3.8, 4) is 22.9 Å². The van der Waals surface area contributed by atoms with Crippen LogP contribution in [0.5, 0.6) is 11.5 Å². The fraction of sp³-hybridized carbons (Fsp3) is 0. The van der Waals surface area contributed by atoms with Gasteiger partial charge in [-0.05, 0) is 35.9 Å². The molecule has 3 aromatic carbocycles. The third-order valence-corrected chi connectivity index (χ3v) is 5.10. The molecule has 0 saturated heterocycles. The number of benzene rings is 3. The van der Waals surface area contributed by atoms with Gasteiger partial charge in [-0.3, -0.25) is 19.8 Å². The van der Waals surface area contributed by atoms with Gasteiger partial charge < -0.3 is 10.2 Å². The number of hydrogen-bond acceptors (Lipinski definition) is 8. The van der Waals surface area contributed by atoms with Crippen molar-refractivity contribution in [2.75, 3.05) is 0 Å². The Kier molecular flexibility index (Phi) is 5.47. The fourth-order valence-corrected chi connectivity index (χ4v) is 3.36. The van der Waals surface area contributed by atoms with Crippen LogP contribution in [0.4, 0.5) is 11.5 Å². The van der Waals surface area contributed by atoms with Crippen molar-refractivity contribution in [3.05, 3.63) is 99.1 Å². The predicted octanol–water partition coefficient (Wildman–Crippen LogP) is 3.79. The maximum absolute atomic E-state index is 13.2. The molecule has 0 aliphatic carbocycles. The van der Waals surface area contributed by atoms with Crippen molar-refractivity contribution in [2.24, 2.45) is 15.3 Å². The van der Waals surface area contributed by atoms with Gasteiger partial charge in [0.05, 0.1) is 10.9 Å². The van der Waals surface area contributed by atoms with Crippen molar-refractivity contribution in [2.45, 2.75) is 0 Å². The summed E-state index contributed by atoms with van der Waals surface area (Å²) in [6.07, 6.45) is 1.36. The summed E-state index contributed by atoms with van der Waals surface area (Å²) in [4.78, 5) is 34.3. The lowest BCUT2D eigenvalue weighted by atomic mass is 10.2. The minimum atomic E-state index is -0.600. The number of fused-ring (bicyclic) bond motifs is 1. The second-order valence-electron chi connectivity index (χ2n) is 7.41. The summed E-state index contributed by atoms with van der Waals surface area (Å²) in [5.41, 5.74) is 0.398. The molecule has 0 fully saturated rings. The second kappa shape index (κ2) is 8.90. The second-order valence-corrected chi connectivity index (χ2v) is 7.41. The maximum atomic E-state index is 13.2. The first kappa shape index (κ1) is 21.5. The van der Waals surface area contributed by atoms with Gasteiger partial charge in [0.15, 0.2) is 28.8 Å². The number of aromatic amines is 2. The molecule has 11 nitrogen and oxygen atoms in total. The van der Waals surface area contributed by atoms with Crippen LogP contribution in [-0.2, 0) is 0 Å². The van der Waals surface area contributed by atoms with Crippen LogP contribution in [-0.4, -0.2) is 36.3 Å². The summed E-state index contributed by atoms with van der Waals surface area (Å²) in [5.74, 6) is -0.271. The topological polar surface area (TPSA) is 161 Å². The van der Waals surface area contributed by atoms with E-state index in [9.17, 15) is 19.8 Å². The zero-order valence-corrected chi connectivity index (χ0v) is 18.0. The Hall–Kier alpha value is -5.32. The van der Waals surface area contributed by atoms with Gasteiger partial charge in [-0.1, -0.05) is 47.7 Å². The Morgan fingerprint density at radius 3 is 2.46 bits per heavy atom. The van der Waals surface area contributed by atoms with E-state index in [0.29, 0.717) is 22.0 Å². The van der Waals surface area contributed by atoms with Crippen molar-refractivity contribution in [3.63, 3.8) is 0 Å². The summed E-state index contributed by atoms with van der Waals surface area (Å²) in [6, 6.07) is 20.0. The Morgan fingerprint density at radius 1 is 0.886 bits per heavy atom. The highest BCUT2D eigenvalue weighted by Crippen LogP contribution is 2.26. The Balaban J connectivity index is 1.59. The SMILES string of the molecule is O=c1[nH][nH]c(/N=C/c2ccc(O)c(O)c2)c1N=Nn1c(-c2ccccc2)nc2ccccc2c1=O. The average molecular weight is 467 g/mol. The number of nitrogens with zero attached hydrogens (tertiary/aromatic N) is 5. The molecule has 0 spiro atoms. The molecule has 0 aliphatic rings. The standard InChI is InChI=1S/C24H17N7O4/c32-18-11-10-14(12-19(18)33)13-25-21-20(23(34)29-28-21)27-30-31-22(15-6-2-1-3-7-15)26-17-9-5-4-8-16(17)24(31)35/h1-13,32-33H,(H2,28,29,34)/b25-13+,30-27?. The summed E-state index contributed by atoms with van der Waals surface area (Å²) in [5, 5.41) is 32.5. The molecule has 35 heavy (non-hydrogen) atoms. The van der Waals surface area contributed by atoms with Crippen LogP contribution in [0.3, 0.4) is 0 Å². The van der Waals surface area contributed by atoms with Gasteiger partial charge >= 0.3 is 0 Å². The molecule has 0 unspecified atom stereocenters. The first-order valence-corrected chi connectivity index (χ1v) is 10.4. The number of para-hydroxylation sites is 1. The Labute approximate surface area is 196 Å². The van der Waals surface area contributed by atoms with Crippen LogP contribution in [0.25, 0.3) is 22.3 Å². The number of aromatic hydroxyl groups is 2. The number of aliphatic imine (C=N–C) groups is 1. The van der Waals surface area contributed by atoms with E-state index < -0.39 is 11.1 Å². The number of hydrogen-bond donors (Lipinski definition) is 4. The lowest BCUT2D eigenvalue weighted by Gasteiger charge is -2.08. The number of H-pyrrole nitrogens is 2. The number of phenols is 2. The Morgan fingerprint density at radius 2 is 1.66 bits per heavy atom. The average Bonchev–Trinajstić information content (AvgIpc) is 3.23. The Bertz CT molecular complexity index is 1720. The number of nitrogens with one attached hydrogen (secondary N) is 2. The van der Waals surface area contributed by atoms with Crippen LogP contribution in [0.1, 0.15) is 5.56 Å². The highest BCUT2D eigenvalue weighted by molar-refractivity contribution is 5.84. The van der Waals surface area contributed by atoms with E-state index in [4.69, 9.17) is 0 Å². The zero-order valence-electron chi connectivity index (χ0n) is 18.0. The number of rotatable bonds is 5. The van der Waals surface area contributed by atoms with Gasteiger partial charge in [-0.15, -0.1) is 5.11 Å². The van der Waals surface area contributed by atoms with Crippen LogP contribution in [0, 0.1) is 0 Å². The van der Waals surface area contributed by atoms with Crippen molar-refractivity contribution in [1.29, 1.82) is 0 Å². The van der Waals surface area contributed by atoms with E-state index in [1.165, 1.54) is 24.4 Å². The van der Waals surface area contributed by atoms with E-state index >= 15 is 0 Å². The van der Waals surface area contributed by atoms with Crippen molar-refractivity contribution in [1.82, 2.24) is 19.9 Å². The highest BCUT2D eigenvalue weighted by Gasteiger charge is 2.14. The van der Waals surface area contributed by atoms with E-state index in [1.807, 2.05) is 18.2 Å². The predicted molar refractivity (Wildman–Crippen MR) is 130 cm³/mol. The minimum absolute atomic E-state index is 0.0503. The lowest BCUT2D eigenvalue weighted by Crippen LogP contribution is -2.19. The summed E-state index contributed by atoms with van der Waals surface area (Å²) in [7, 11) is 0. The summed E-state index contributed by atoms with van der Waals surface area (Å²) >= 11 is 0. The third kappa shape index (κ3) is 4.20. The molecule has 0 aliphatic heterocycles. The minimum Gasteiger partial charge on any atom is -0.504 e. The quantitative estimate of drug-likeness (QED) is 0.175. The van der Waals surface area contributed by atoms with Crippen LogP contribution in [0.2, 0.25) is 0 Å². The molecule has 0 atom stereocenters. The summed E-state index contributed by atoms with van der Waals surface area (Å²) < 4.78 is 1.04. The summed E-state index contributed by atoms with van der Waals surface area (Å²) in [6.45, 7) is 0. The molecule has 0 bridgehead atoms. The van der Waals surface area contributed by atoms with Gasteiger partial charge in [0.1, 0.15) is 0 Å². The van der Waals surface area contributed by atoms with E-state index in [1.54, 1.807) is 36.4 Å². The van der Waals surface area contributed by atoms with Gasteiger partial charge in [0.2, 0.25) is 0 Å². The third-order valence-electron chi connectivity index (χ3n) is 5.10. The highest BCUT2D eigenvalue weighted by atomic mass is 16.3. The fourth-order valence-electron chi connectivity index (χ4n) is 3.36. The van der Waals surface area contributed by atoms with Gasteiger partial charge in [0, 0.05) is 11.8 Å². The number of phenolic OH excluding ortho intramolecular Hbond substituents is 2. The van der Waals surface area contributed by atoms with Crippen LogP contribution >= 0.6 is 0 Å². The van der Waals surface area contributed by atoms with Gasteiger partial charge in [0.25, 0.3) is 11.1 Å². The van der Waals surface area contributed by atoms with Gasteiger partial charge in [-0.25, -0.2) is 9.98 Å². The molecule has 11 heteroatoms. The zero-order chi connectivity index (χ0) is 24.4. The van der Waals surface area contributed by atoms with E-state index in [-0.39, 0.29) is 28.8 Å². The molecular weight excluding hydrogens is 450 g/mol. The van der Waals surface area contributed by atoms with Crippen LogP contribution < -0.4 is 11.1 Å². The first-order valence-electron chi connectivity index (χ1n) is 10.4. The molecule has 4 N–H and O–H groups in total. The molecule has 5 aromatic rings. The lowest BCUT2D eigenvalue weighted by molar-refractivity contribution is 0.403. The van der Waals surface area contributed by atoms with Crippen LogP contribution in [0.15, 0.2) is 97.7 Å². The molecule has 2 aromatic heterocycles. The molecule has 0 radical (unpaired) electrons. The molecule has 172 valence electrons. The molecule has 2 heterocycles. The number of aromatic nitrogens is 4. The van der Waals surface area contributed by atoms with Gasteiger partial charge in [-0.2, -0.15) is 4.68 Å². The molecule has 0 amide bonds.